The highest BCUT2D eigenvalue weighted by Crippen LogP contribution is 2.28. The summed E-state index contributed by atoms with van der Waals surface area (Å²) in [5.41, 5.74) is 0.132. The Balaban J connectivity index is 2.04. The van der Waals surface area contributed by atoms with E-state index in [0.717, 1.165) is 12.0 Å². The van der Waals surface area contributed by atoms with Crippen molar-refractivity contribution in [2.45, 2.75) is 51.3 Å². The van der Waals surface area contributed by atoms with Crippen molar-refractivity contribution in [2.24, 2.45) is 0 Å². The summed E-state index contributed by atoms with van der Waals surface area (Å²) in [6.07, 6.45) is 0.882. The Morgan fingerprint density at radius 1 is 1.14 bits per heavy atom. The number of benzene rings is 1. The average Bonchev–Trinajstić information content (AvgIpc) is 3.14. The smallest absolute Gasteiger partial charge is 0.287 e. The minimum atomic E-state index is -3.85. The molecule has 0 atom stereocenters. The highest BCUT2D eigenvalue weighted by atomic mass is 32.2. The first-order valence-corrected chi connectivity index (χ1v) is 10.8. The molecule has 0 unspecified atom stereocenters. The van der Waals surface area contributed by atoms with E-state index in [0.29, 0.717) is 18.1 Å². The molecule has 1 amide bonds. The maximum Gasteiger partial charge on any atom is 0.287 e. The van der Waals surface area contributed by atoms with E-state index in [4.69, 9.17) is 13.9 Å². The van der Waals surface area contributed by atoms with Crippen molar-refractivity contribution in [1.82, 2.24) is 10.0 Å². The normalized spacial score (nSPS) is 11.9. The number of nitrogens with one attached hydrogen (secondary N) is 2. The molecule has 2 N–H and O–H groups in total. The first-order valence-electron chi connectivity index (χ1n) is 9.27. The van der Waals surface area contributed by atoms with E-state index in [1.54, 1.807) is 40.0 Å². The lowest BCUT2D eigenvalue weighted by Gasteiger charge is -2.18. The molecular weight excluding hydrogens is 396 g/mol. The lowest BCUT2D eigenvalue weighted by atomic mass is 10.1. The van der Waals surface area contributed by atoms with Gasteiger partial charge in [0.1, 0.15) is 0 Å². The van der Waals surface area contributed by atoms with Crippen molar-refractivity contribution >= 4 is 15.9 Å². The number of rotatable bonds is 9. The van der Waals surface area contributed by atoms with Gasteiger partial charge in [-0.2, -0.15) is 0 Å². The van der Waals surface area contributed by atoms with Crippen molar-refractivity contribution in [2.75, 3.05) is 13.7 Å². The molecule has 9 heteroatoms. The third kappa shape index (κ3) is 6.50. The summed E-state index contributed by atoms with van der Waals surface area (Å²) < 4.78 is 43.2. The fourth-order valence-electron chi connectivity index (χ4n) is 2.46. The number of hydrogen-bond donors (Lipinski definition) is 2. The number of carbonyl (C=O) groups excluding carboxylic acids is 1. The fraction of sp³-hybridized carbons (Fsp3) is 0.450. The number of carbonyl (C=O) groups is 1. The minimum Gasteiger partial charge on any atom is -0.493 e. The van der Waals surface area contributed by atoms with Crippen LogP contribution >= 0.6 is 0 Å². The van der Waals surface area contributed by atoms with Crippen LogP contribution in [0.5, 0.6) is 11.5 Å². The first-order chi connectivity index (χ1) is 13.6. The molecule has 0 radical (unpaired) electrons. The molecule has 0 spiro atoms. The van der Waals surface area contributed by atoms with Gasteiger partial charge in [0.2, 0.25) is 5.09 Å². The third-order valence-electron chi connectivity index (χ3n) is 3.65. The van der Waals surface area contributed by atoms with Crippen LogP contribution in [-0.4, -0.2) is 33.6 Å². The number of amides is 1. The second-order valence-corrected chi connectivity index (χ2v) is 9.10. The molecule has 0 aliphatic carbocycles. The first kappa shape index (κ1) is 22.8. The van der Waals surface area contributed by atoms with Crippen LogP contribution in [0.25, 0.3) is 0 Å². The molecule has 1 aromatic heterocycles. The molecule has 2 aromatic rings. The Morgan fingerprint density at radius 3 is 2.48 bits per heavy atom. The number of ether oxygens (including phenoxy) is 2. The van der Waals surface area contributed by atoms with E-state index in [-0.39, 0.29) is 17.4 Å². The van der Waals surface area contributed by atoms with Crippen molar-refractivity contribution in [1.29, 1.82) is 0 Å². The van der Waals surface area contributed by atoms with Crippen LogP contribution in [0.4, 0.5) is 0 Å². The number of sulfonamides is 1. The van der Waals surface area contributed by atoms with E-state index < -0.39 is 21.5 Å². The molecule has 29 heavy (non-hydrogen) atoms. The van der Waals surface area contributed by atoms with Gasteiger partial charge in [0.05, 0.1) is 13.7 Å². The zero-order valence-electron chi connectivity index (χ0n) is 17.4. The molecule has 0 aliphatic rings. The van der Waals surface area contributed by atoms with Crippen LogP contribution in [0.1, 0.15) is 50.2 Å². The summed E-state index contributed by atoms with van der Waals surface area (Å²) in [5, 5.41) is 2.39. The maximum absolute atomic E-state index is 12.3. The van der Waals surface area contributed by atoms with Gasteiger partial charge in [-0.25, -0.2) is 13.1 Å². The summed E-state index contributed by atoms with van der Waals surface area (Å²) in [5.74, 6) is 0.600. The Bertz CT molecular complexity index is 944. The molecule has 1 aromatic carbocycles. The Kier molecular flexibility index (Phi) is 7.32. The van der Waals surface area contributed by atoms with Gasteiger partial charge >= 0.3 is 0 Å². The van der Waals surface area contributed by atoms with E-state index in [9.17, 15) is 13.2 Å². The Morgan fingerprint density at radius 2 is 1.86 bits per heavy atom. The summed E-state index contributed by atoms with van der Waals surface area (Å²) in [6, 6.07) is 7.96. The molecule has 160 valence electrons. The topological polar surface area (TPSA) is 107 Å². The van der Waals surface area contributed by atoms with Gasteiger partial charge in [0.15, 0.2) is 17.3 Å². The van der Waals surface area contributed by atoms with Gasteiger partial charge in [-0.15, -0.1) is 0 Å². The summed E-state index contributed by atoms with van der Waals surface area (Å²) in [6.45, 7) is 7.96. The highest BCUT2D eigenvalue weighted by molar-refractivity contribution is 7.89. The SMILES string of the molecule is CCCOc1ccc(CNC(=O)c2ccc(S(=O)(=O)NC(C)(C)C)o2)cc1OC. The standard InChI is InChI=1S/C20H28N2O6S/c1-6-11-27-15-8-7-14(12-17(15)26-5)13-21-19(23)16-9-10-18(28-16)29(24,25)22-20(2,3)4/h7-10,12,22H,6,11,13H2,1-5H3,(H,21,23). The lowest BCUT2D eigenvalue weighted by molar-refractivity contribution is 0.0917. The van der Waals surface area contributed by atoms with Gasteiger partial charge in [-0.3, -0.25) is 4.79 Å². The summed E-state index contributed by atoms with van der Waals surface area (Å²) in [7, 11) is -2.30. The highest BCUT2D eigenvalue weighted by Gasteiger charge is 2.26. The zero-order chi connectivity index (χ0) is 21.7. The fourth-order valence-corrected chi connectivity index (χ4v) is 3.82. The van der Waals surface area contributed by atoms with Crippen molar-refractivity contribution in [3.63, 3.8) is 0 Å². The molecule has 0 saturated carbocycles. The molecule has 2 rings (SSSR count). The minimum absolute atomic E-state index is 0.0888. The van der Waals surface area contributed by atoms with Crippen LogP contribution in [0, 0.1) is 0 Å². The van der Waals surface area contributed by atoms with E-state index >= 15 is 0 Å². The maximum atomic E-state index is 12.3. The zero-order valence-corrected chi connectivity index (χ0v) is 18.2. The third-order valence-corrected chi connectivity index (χ3v) is 5.28. The van der Waals surface area contributed by atoms with Crippen molar-refractivity contribution in [3.8, 4) is 11.5 Å². The van der Waals surface area contributed by atoms with Crippen molar-refractivity contribution < 1.29 is 27.1 Å². The van der Waals surface area contributed by atoms with Crippen LogP contribution in [0.3, 0.4) is 0 Å². The molecule has 8 nitrogen and oxygen atoms in total. The monoisotopic (exact) mass is 424 g/mol. The van der Waals surface area contributed by atoms with E-state index in [1.807, 2.05) is 13.0 Å². The van der Waals surface area contributed by atoms with Gasteiger partial charge < -0.3 is 19.2 Å². The van der Waals surface area contributed by atoms with Gasteiger partial charge in [-0.1, -0.05) is 13.0 Å². The van der Waals surface area contributed by atoms with Gasteiger partial charge in [-0.05, 0) is 57.0 Å². The number of methoxy groups -OCH3 is 1. The second-order valence-electron chi connectivity index (χ2n) is 7.49. The quantitative estimate of drug-likeness (QED) is 0.641. The molecule has 0 aliphatic heterocycles. The van der Waals surface area contributed by atoms with E-state index in [1.165, 1.54) is 12.1 Å². The molecule has 1 heterocycles. The average molecular weight is 425 g/mol. The predicted molar refractivity (Wildman–Crippen MR) is 109 cm³/mol. The Labute approximate surface area is 171 Å². The molecule has 0 fully saturated rings. The lowest BCUT2D eigenvalue weighted by Crippen LogP contribution is -2.40. The molecule has 0 bridgehead atoms. The molecule has 0 saturated heterocycles. The number of furan rings is 1. The largest absolute Gasteiger partial charge is 0.493 e. The van der Waals surface area contributed by atoms with Gasteiger partial charge in [0.25, 0.3) is 15.9 Å². The van der Waals surface area contributed by atoms with Crippen LogP contribution in [0.2, 0.25) is 0 Å². The van der Waals surface area contributed by atoms with Gasteiger partial charge in [0, 0.05) is 12.1 Å². The van der Waals surface area contributed by atoms with Crippen LogP contribution in [-0.2, 0) is 16.6 Å². The Hall–Kier alpha value is -2.52. The summed E-state index contributed by atoms with van der Waals surface area (Å²) >= 11 is 0. The predicted octanol–water partition coefficient (Wildman–Crippen LogP) is 3.08. The number of hydrogen-bond acceptors (Lipinski definition) is 6. The van der Waals surface area contributed by atoms with Crippen LogP contribution < -0.4 is 19.5 Å². The van der Waals surface area contributed by atoms with Crippen molar-refractivity contribution in [3.05, 3.63) is 41.7 Å². The van der Waals surface area contributed by atoms with Crippen LogP contribution in [0.15, 0.2) is 39.8 Å². The second kappa shape index (κ2) is 9.32. The summed E-state index contributed by atoms with van der Waals surface area (Å²) in [4.78, 5) is 12.3. The van der Waals surface area contributed by atoms with E-state index in [2.05, 4.69) is 10.0 Å². The molecular formula is C20H28N2O6S.